The fourth-order valence-electron chi connectivity index (χ4n) is 1.47. The van der Waals surface area contributed by atoms with E-state index in [0.717, 1.165) is 25.3 Å². The molecule has 3 heteroatoms. The maximum atomic E-state index is 5.38. The monoisotopic (exact) mass is 233 g/mol. The molecule has 0 aliphatic rings. The van der Waals surface area contributed by atoms with E-state index in [0.29, 0.717) is 5.75 Å². The quantitative estimate of drug-likeness (QED) is 0.578. The Morgan fingerprint density at radius 3 is 2.82 bits per heavy atom. The number of nitrogens with one attached hydrogen (secondary N) is 1. The summed E-state index contributed by atoms with van der Waals surface area (Å²) in [7, 11) is 1.63. The van der Waals surface area contributed by atoms with Crippen LogP contribution in [0.2, 0.25) is 0 Å². The fraction of sp³-hybridized carbons (Fsp3) is 0.429. The number of hydrogen-bond acceptors (Lipinski definition) is 3. The van der Waals surface area contributed by atoms with Crippen molar-refractivity contribution in [1.29, 1.82) is 0 Å². The van der Waals surface area contributed by atoms with Gasteiger partial charge in [-0.05, 0) is 30.7 Å². The molecule has 0 spiro atoms. The van der Waals surface area contributed by atoms with Gasteiger partial charge in [0.05, 0.1) is 7.11 Å². The van der Waals surface area contributed by atoms with Gasteiger partial charge in [0, 0.05) is 6.54 Å². The Morgan fingerprint density at radius 1 is 1.35 bits per heavy atom. The zero-order chi connectivity index (χ0) is 12.5. The van der Waals surface area contributed by atoms with Gasteiger partial charge < -0.3 is 14.8 Å². The van der Waals surface area contributed by atoms with Gasteiger partial charge >= 0.3 is 0 Å². The molecule has 0 amide bonds. The van der Waals surface area contributed by atoms with Crippen molar-refractivity contribution in [3.63, 3.8) is 0 Å². The van der Waals surface area contributed by atoms with E-state index in [4.69, 9.17) is 15.9 Å². The Bertz CT molecular complexity index is 382. The van der Waals surface area contributed by atoms with E-state index in [1.807, 2.05) is 18.2 Å². The molecule has 0 aromatic heterocycles. The van der Waals surface area contributed by atoms with E-state index in [1.165, 1.54) is 5.56 Å². The van der Waals surface area contributed by atoms with Crippen molar-refractivity contribution in [3.8, 4) is 23.8 Å². The van der Waals surface area contributed by atoms with Crippen molar-refractivity contribution in [2.45, 2.75) is 19.9 Å². The fourth-order valence-corrected chi connectivity index (χ4v) is 1.47. The van der Waals surface area contributed by atoms with Crippen LogP contribution in [0.1, 0.15) is 18.9 Å². The largest absolute Gasteiger partial charge is 0.493 e. The van der Waals surface area contributed by atoms with Gasteiger partial charge in [0.15, 0.2) is 11.5 Å². The van der Waals surface area contributed by atoms with Gasteiger partial charge in [-0.1, -0.05) is 18.9 Å². The molecule has 0 heterocycles. The second-order valence-corrected chi connectivity index (χ2v) is 3.65. The molecule has 0 saturated carbocycles. The van der Waals surface area contributed by atoms with Gasteiger partial charge in [0.25, 0.3) is 0 Å². The minimum absolute atomic E-state index is 0.254. The topological polar surface area (TPSA) is 30.5 Å². The predicted molar refractivity (Wildman–Crippen MR) is 69.3 cm³/mol. The summed E-state index contributed by atoms with van der Waals surface area (Å²) in [4.78, 5) is 0. The van der Waals surface area contributed by atoms with Crippen LogP contribution in [0.5, 0.6) is 11.5 Å². The minimum atomic E-state index is 0.254. The lowest BCUT2D eigenvalue weighted by Gasteiger charge is -2.11. The van der Waals surface area contributed by atoms with E-state index in [9.17, 15) is 0 Å². The van der Waals surface area contributed by atoms with E-state index in [2.05, 4.69) is 18.2 Å². The molecule has 0 fully saturated rings. The summed E-state index contributed by atoms with van der Waals surface area (Å²) in [6, 6.07) is 5.87. The predicted octanol–water partition coefficient (Wildman–Crippen LogP) is 2.21. The van der Waals surface area contributed by atoms with Gasteiger partial charge in [-0.25, -0.2) is 0 Å². The molecule has 0 radical (unpaired) electrons. The van der Waals surface area contributed by atoms with E-state index >= 15 is 0 Å². The number of methoxy groups -OCH3 is 1. The van der Waals surface area contributed by atoms with Crippen LogP contribution >= 0.6 is 0 Å². The van der Waals surface area contributed by atoms with Crippen molar-refractivity contribution < 1.29 is 9.47 Å². The number of rotatable bonds is 7. The molecule has 1 N–H and O–H groups in total. The number of hydrogen-bond donors (Lipinski definition) is 1. The van der Waals surface area contributed by atoms with E-state index in [1.54, 1.807) is 7.11 Å². The first-order valence-electron chi connectivity index (χ1n) is 5.75. The van der Waals surface area contributed by atoms with Crippen molar-refractivity contribution in [2.75, 3.05) is 20.3 Å². The minimum Gasteiger partial charge on any atom is -0.493 e. The van der Waals surface area contributed by atoms with E-state index in [-0.39, 0.29) is 6.61 Å². The van der Waals surface area contributed by atoms with Crippen LogP contribution in [-0.2, 0) is 6.54 Å². The maximum absolute atomic E-state index is 5.38. The van der Waals surface area contributed by atoms with Crippen LogP contribution < -0.4 is 14.8 Å². The van der Waals surface area contributed by atoms with Crippen molar-refractivity contribution in [2.24, 2.45) is 0 Å². The van der Waals surface area contributed by atoms with Gasteiger partial charge in [-0.15, -0.1) is 6.42 Å². The second-order valence-electron chi connectivity index (χ2n) is 3.65. The number of terminal acetylenes is 1. The molecule has 0 saturated heterocycles. The molecular weight excluding hydrogens is 214 g/mol. The highest BCUT2D eigenvalue weighted by Crippen LogP contribution is 2.27. The summed E-state index contributed by atoms with van der Waals surface area (Å²) < 4.78 is 10.6. The average Bonchev–Trinajstić information content (AvgIpc) is 2.37. The third-order valence-electron chi connectivity index (χ3n) is 2.29. The first-order chi connectivity index (χ1) is 8.31. The zero-order valence-electron chi connectivity index (χ0n) is 10.5. The highest BCUT2D eigenvalue weighted by molar-refractivity contribution is 5.43. The second kappa shape index (κ2) is 7.59. The lowest BCUT2D eigenvalue weighted by Crippen LogP contribution is -2.13. The third-order valence-corrected chi connectivity index (χ3v) is 2.29. The molecule has 1 aromatic rings. The molecule has 0 aliphatic carbocycles. The smallest absolute Gasteiger partial charge is 0.162 e. The molecule has 0 unspecified atom stereocenters. The Balaban J connectivity index is 2.67. The molecule has 0 atom stereocenters. The van der Waals surface area contributed by atoms with Gasteiger partial charge in [-0.2, -0.15) is 0 Å². The molecule has 92 valence electrons. The van der Waals surface area contributed by atoms with Crippen LogP contribution in [0.15, 0.2) is 18.2 Å². The summed E-state index contributed by atoms with van der Waals surface area (Å²) >= 11 is 0. The normalized spacial score (nSPS) is 9.71. The Morgan fingerprint density at radius 2 is 2.18 bits per heavy atom. The molecule has 3 nitrogen and oxygen atoms in total. The summed E-state index contributed by atoms with van der Waals surface area (Å²) in [5.74, 6) is 3.84. The molecule has 17 heavy (non-hydrogen) atoms. The standard InChI is InChI=1S/C14H19NO2/c1-4-8-15-11-12-6-7-13(17-9-5-2)14(10-12)16-3/h2,6-7,10,15H,4,8-9,11H2,1,3H3. The van der Waals surface area contributed by atoms with Crippen molar-refractivity contribution in [1.82, 2.24) is 5.32 Å². The summed E-state index contributed by atoms with van der Waals surface area (Å²) in [5, 5.41) is 3.34. The third kappa shape index (κ3) is 4.38. The first-order valence-corrected chi connectivity index (χ1v) is 5.75. The zero-order valence-corrected chi connectivity index (χ0v) is 10.5. The summed E-state index contributed by atoms with van der Waals surface area (Å²) in [6.45, 7) is 4.24. The van der Waals surface area contributed by atoms with Gasteiger partial charge in [-0.3, -0.25) is 0 Å². The Labute approximate surface area is 103 Å². The molecule has 1 rings (SSSR count). The average molecular weight is 233 g/mol. The highest BCUT2D eigenvalue weighted by atomic mass is 16.5. The first kappa shape index (κ1) is 13.4. The lowest BCUT2D eigenvalue weighted by atomic mass is 10.2. The maximum Gasteiger partial charge on any atom is 0.162 e. The summed E-state index contributed by atoms with van der Waals surface area (Å²) in [5.41, 5.74) is 1.17. The van der Waals surface area contributed by atoms with Crippen LogP contribution in [0.25, 0.3) is 0 Å². The molecular formula is C14H19NO2. The van der Waals surface area contributed by atoms with Crippen molar-refractivity contribution in [3.05, 3.63) is 23.8 Å². The molecule has 1 aromatic carbocycles. The van der Waals surface area contributed by atoms with Crippen LogP contribution in [0.3, 0.4) is 0 Å². The van der Waals surface area contributed by atoms with E-state index < -0.39 is 0 Å². The van der Waals surface area contributed by atoms with Crippen LogP contribution in [0.4, 0.5) is 0 Å². The highest BCUT2D eigenvalue weighted by Gasteiger charge is 2.04. The Kier molecular flexibility index (Phi) is 5.98. The lowest BCUT2D eigenvalue weighted by molar-refractivity contribution is 0.330. The molecule has 0 bridgehead atoms. The van der Waals surface area contributed by atoms with Crippen LogP contribution in [-0.4, -0.2) is 20.3 Å². The Hall–Kier alpha value is -1.66. The number of benzene rings is 1. The SMILES string of the molecule is C#CCOc1ccc(CNCCC)cc1OC. The number of ether oxygens (including phenoxy) is 2. The summed E-state index contributed by atoms with van der Waals surface area (Å²) in [6.07, 6.45) is 6.28. The van der Waals surface area contributed by atoms with Crippen molar-refractivity contribution >= 4 is 0 Å². The van der Waals surface area contributed by atoms with Gasteiger partial charge in [0.2, 0.25) is 0 Å². The van der Waals surface area contributed by atoms with Gasteiger partial charge in [0.1, 0.15) is 6.61 Å². The molecule has 0 aliphatic heterocycles. The van der Waals surface area contributed by atoms with Crippen LogP contribution in [0, 0.1) is 12.3 Å².